The van der Waals surface area contributed by atoms with Crippen LogP contribution in [0.1, 0.15) is 11.3 Å². The van der Waals surface area contributed by atoms with E-state index in [1.54, 1.807) is 4.68 Å². The highest BCUT2D eigenvalue weighted by Crippen LogP contribution is 2.22. The van der Waals surface area contributed by atoms with Crippen molar-refractivity contribution in [3.63, 3.8) is 0 Å². The molecule has 0 spiro atoms. The van der Waals surface area contributed by atoms with Crippen molar-refractivity contribution in [2.75, 3.05) is 5.73 Å². The molecule has 0 bridgehead atoms. The topological polar surface area (TPSA) is 66.0 Å². The van der Waals surface area contributed by atoms with Crippen molar-refractivity contribution >= 4 is 5.69 Å². The zero-order valence-corrected chi connectivity index (χ0v) is 9.34. The Morgan fingerprint density at radius 2 is 2.25 bits per heavy atom. The van der Waals surface area contributed by atoms with Gasteiger partial charge >= 0.3 is 0 Å². The first-order chi connectivity index (χ1) is 7.65. The molecule has 0 aliphatic carbocycles. The van der Waals surface area contributed by atoms with E-state index in [9.17, 15) is 0 Å². The van der Waals surface area contributed by atoms with Gasteiger partial charge in [-0.25, -0.2) is 0 Å². The number of ether oxygens (including phenoxy) is 1. The minimum Gasteiger partial charge on any atom is -0.485 e. The average Bonchev–Trinajstić information content (AvgIpc) is 2.63. The molecule has 2 rings (SSSR count). The van der Waals surface area contributed by atoms with Crippen molar-refractivity contribution in [2.45, 2.75) is 13.5 Å². The first-order valence-electron chi connectivity index (χ1n) is 4.99. The van der Waals surface area contributed by atoms with E-state index in [2.05, 4.69) is 10.3 Å². The fourth-order valence-electron chi connectivity index (χ4n) is 1.41. The Kier molecular flexibility index (Phi) is 2.76. The molecule has 16 heavy (non-hydrogen) atoms. The van der Waals surface area contributed by atoms with Crippen LogP contribution in [0.4, 0.5) is 5.69 Å². The quantitative estimate of drug-likeness (QED) is 0.788. The third kappa shape index (κ3) is 2.31. The van der Waals surface area contributed by atoms with Gasteiger partial charge < -0.3 is 10.5 Å². The summed E-state index contributed by atoms with van der Waals surface area (Å²) in [7, 11) is 1.82. The van der Waals surface area contributed by atoms with Gasteiger partial charge in [0.2, 0.25) is 0 Å². The largest absolute Gasteiger partial charge is 0.485 e. The maximum Gasteiger partial charge on any atom is 0.142 e. The summed E-state index contributed by atoms with van der Waals surface area (Å²) in [5.41, 5.74) is 8.36. The first-order valence-corrected chi connectivity index (χ1v) is 4.99. The summed E-state index contributed by atoms with van der Waals surface area (Å²) in [4.78, 5) is 0. The molecule has 0 radical (unpaired) electrons. The van der Waals surface area contributed by atoms with Crippen molar-refractivity contribution in [1.82, 2.24) is 15.0 Å². The lowest BCUT2D eigenvalue weighted by atomic mass is 10.2. The Bertz CT molecular complexity index is 492. The van der Waals surface area contributed by atoms with Gasteiger partial charge in [-0.3, -0.25) is 4.68 Å². The standard InChI is InChI=1S/C11H14N4O/c1-8-3-4-11(10(12)5-8)16-7-9-6-15(2)14-13-9/h3-6H,7,12H2,1-2H3. The van der Waals surface area contributed by atoms with Crippen LogP contribution in [0.15, 0.2) is 24.4 Å². The molecular weight excluding hydrogens is 204 g/mol. The van der Waals surface area contributed by atoms with Crippen LogP contribution in [0.2, 0.25) is 0 Å². The van der Waals surface area contributed by atoms with Crippen LogP contribution in [-0.2, 0) is 13.7 Å². The summed E-state index contributed by atoms with van der Waals surface area (Å²) in [5, 5.41) is 7.75. The Labute approximate surface area is 93.8 Å². The zero-order chi connectivity index (χ0) is 11.5. The van der Waals surface area contributed by atoms with Gasteiger partial charge in [0.15, 0.2) is 0 Å². The van der Waals surface area contributed by atoms with Gasteiger partial charge in [-0.2, -0.15) is 0 Å². The van der Waals surface area contributed by atoms with Gasteiger partial charge in [-0.15, -0.1) is 5.10 Å². The number of aryl methyl sites for hydroxylation is 2. The van der Waals surface area contributed by atoms with Gasteiger partial charge in [-0.1, -0.05) is 11.3 Å². The SMILES string of the molecule is Cc1ccc(OCc2cn(C)nn2)c(N)c1. The average molecular weight is 218 g/mol. The highest BCUT2D eigenvalue weighted by Gasteiger charge is 2.03. The summed E-state index contributed by atoms with van der Waals surface area (Å²) < 4.78 is 7.19. The monoisotopic (exact) mass is 218 g/mol. The van der Waals surface area contributed by atoms with E-state index in [1.807, 2.05) is 38.4 Å². The lowest BCUT2D eigenvalue weighted by molar-refractivity contribution is 0.303. The minimum absolute atomic E-state index is 0.376. The van der Waals surface area contributed by atoms with Crippen molar-refractivity contribution in [2.24, 2.45) is 7.05 Å². The van der Waals surface area contributed by atoms with E-state index in [0.29, 0.717) is 18.0 Å². The number of hydrogen-bond donors (Lipinski definition) is 1. The summed E-state index contributed by atoms with van der Waals surface area (Å²) in [6, 6.07) is 5.70. The predicted octanol–water partition coefficient (Wildman–Crippen LogP) is 1.28. The van der Waals surface area contributed by atoms with Gasteiger partial charge in [0.25, 0.3) is 0 Å². The van der Waals surface area contributed by atoms with Crippen LogP contribution in [0.5, 0.6) is 5.75 Å². The Hall–Kier alpha value is -2.04. The van der Waals surface area contributed by atoms with E-state index < -0.39 is 0 Å². The molecule has 1 aromatic heterocycles. The number of aromatic nitrogens is 3. The fraction of sp³-hybridized carbons (Fsp3) is 0.273. The van der Waals surface area contributed by atoms with E-state index in [4.69, 9.17) is 10.5 Å². The van der Waals surface area contributed by atoms with Crippen LogP contribution >= 0.6 is 0 Å². The van der Waals surface area contributed by atoms with Crippen LogP contribution < -0.4 is 10.5 Å². The minimum atomic E-state index is 0.376. The number of nitrogens with zero attached hydrogens (tertiary/aromatic N) is 3. The molecule has 0 atom stereocenters. The van der Waals surface area contributed by atoms with Gasteiger partial charge in [-0.05, 0) is 24.6 Å². The van der Waals surface area contributed by atoms with Crippen molar-refractivity contribution in [1.29, 1.82) is 0 Å². The maximum absolute atomic E-state index is 5.82. The second kappa shape index (κ2) is 4.22. The second-order valence-corrected chi connectivity index (χ2v) is 3.71. The van der Waals surface area contributed by atoms with Crippen molar-refractivity contribution < 1.29 is 4.74 Å². The van der Waals surface area contributed by atoms with Crippen LogP contribution in [0, 0.1) is 6.92 Å². The third-order valence-corrected chi connectivity index (χ3v) is 2.19. The van der Waals surface area contributed by atoms with E-state index in [1.165, 1.54) is 0 Å². The summed E-state index contributed by atoms with van der Waals surface area (Å²) >= 11 is 0. The molecule has 1 aromatic carbocycles. The van der Waals surface area contributed by atoms with Crippen molar-refractivity contribution in [3.05, 3.63) is 35.7 Å². The number of anilines is 1. The predicted molar refractivity (Wildman–Crippen MR) is 60.9 cm³/mol. The molecule has 0 saturated carbocycles. The Morgan fingerprint density at radius 1 is 1.44 bits per heavy atom. The fourth-order valence-corrected chi connectivity index (χ4v) is 1.41. The van der Waals surface area contributed by atoms with Crippen LogP contribution in [0.25, 0.3) is 0 Å². The van der Waals surface area contributed by atoms with Gasteiger partial charge in [0.05, 0.1) is 11.9 Å². The summed E-state index contributed by atoms with van der Waals surface area (Å²) in [6.45, 7) is 2.36. The van der Waals surface area contributed by atoms with Crippen LogP contribution in [-0.4, -0.2) is 15.0 Å². The molecule has 0 fully saturated rings. The number of rotatable bonds is 3. The highest BCUT2D eigenvalue weighted by atomic mass is 16.5. The molecule has 0 aliphatic heterocycles. The molecule has 0 amide bonds. The van der Waals surface area contributed by atoms with Gasteiger partial charge in [0, 0.05) is 7.05 Å². The lowest BCUT2D eigenvalue weighted by Crippen LogP contribution is -1.99. The smallest absolute Gasteiger partial charge is 0.142 e. The third-order valence-electron chi connectivity index (χ3n) is 2.19. The van der Waals surface area contributed by atoms with E-state index >= 15 is 0 Å². The molecule has 2 aromatic rings. The molecule has 0 aliphatic rings. The first kappa shape index (κ1) is 10.5. The normalized spacial score (nSPS) is 10.4. The zero-order valence-electron chi connectivity index (χ0n) is 9.34. The number of nitrogens with two attached hydrogens (primary N) is 1. The molecule has 2 N–H and O–H groups in total. The van der Waals surface area contributed by atoms with Crippen molar-refractivity contribution in [3.8, 4) is 5.75 Å². The molecule has 5 nitrogen and oxygen atoms in total. The number of nitrogen functional groups attached to an aromatic ring is 1. The maximum atomic E-state index is 5.82. The van der Waals surface area contributed by atoms with Crippen LogP contribution in [0.3, 0.4) is 0 Å². The summed E-state index contributed by atoms with van der Waals surface area (Å²) in [5.74, 6) is 0.677. The summed E-state index contributed by atoms with van der Waals surface area (Å²) in [6.07, 6.45) is 1.81. The van der Waals surface area contributed by atoms with Gasteiger partial charge in [0.1, 0.15) is 18.1 Å². The number of benzene rings is 1. The lowest BCUT2D eigenvalue weighted by Gasteiger charge is -2.07. The number of hydrogen-bond acceptors (Lipinski definition) is 4. The highest BCUT2D eigenvalue weighted by molar-refractivity contribution is 5.53. The molecule has 0 saturated heterocycles. The van der Waals surface area contributed by atoms with E-state index in [-0.39, 0.29) is 0 Å². The van der Waals surface area contributed by atoms with E-state index in [0.717, 1.165) is 11.3 Å². The molecule has 0 unspecified atom stereocenters. The molecule has 5 heteroatoms. The Balaban J connectivity index is 2.04. The molecule has 84 valence electrons. The second-order valence-electron chi connectivity index (χ2n) is 3.71. The Morgan fingerprint density at radius 3 is 2.88 bits per heavy atom. The molecular formula is C11H14N4O. The molecule has 1 heterocycles.